The molecule has 2 N–H and O–H groups in total. The lowest BCUT2D eigenvalue weighted by molar-refractivity contribution is -0.0287. The van der Waals surface area contributed by atoms with Gasteiger partial charge in [0.2, 0.25) is 0 Å². The molecule has 0 radical (unpaired) electrons. The lowest BCUT2D eigenvalue weighted by Crippen LogP contribution is -2.34. The lowest BCUT2D eigenvalue weighted by atomic mass is 9.90. The Morgan fingerprint density at radius 3 is 2.08 bits per heavy atom. The van der Waals surface area contributed by atoms with E-state index in [0.29, 0.717) is 19.3 Å². The van der Waals surface area contributed by atoms with Gasteiger partial charge in [0.25, 0.3) is 0 Å². The molecule has 0 aromatic heterocycles. The number of aromatic carboxylic acids is 2. The van der Waals surface area contributed by atoms with Gasteiger partial charge in [0.15, 0.2) is 0 Å². The van der Waals surface area contributed by atoms with Gasteiger partial charge in [0.05, 0.1) is 16.7 Å². The third kappa shape index (κ3) is 5.31. The van der Waals surface area contributed by atoms with E-state index in [-0.39, 0.29) is 16.7 Å². The second-order valence-electron chi connectivity index (χ2n) is 6.11. The molecule has 0 aliphatic rings. The van der Waals surface area contributed by atoms with Crippen LogP contribution >= 0.6 is 0 Å². The van der Waals surface area contributed by atoms with Crippen LogP contribution in [0.3, 0.4) is 0 Å². The van der Waals surface area contributed by atoms with E-state index < -0.39 is 23.5 Å². The molecule has 1 rings (SSSR count). The molecule has 6 nitrogen and oxygen atoms in total. The number of benzene rings is 1. The summed E-state index contributed by atoms with van der Waals surface area (Å²) in [7, 11) is 0. The topological polar surface area (TPSA) is 101 Å². The molecule has 0 unspecified atom stereocenters. The molecule has 1 aromatic rings. The van der Waals surface area contributed by atoms with Crippen LogP contribution < -0.4 is 0 Å². The minimum Gasteiger partial charge on any atom is -0.478 e. The molecule has 138 valence electrons. The number of carbonyl (C=O) groups excluding carboxylic acids is 1. The molecule has 1 aromatic carbocycles. The zero-order chi connectivity index (χ0) is 19.0. The van der Waals surface area contributed by atoms with Crippen LogP contribution in [-0.4, -0.2) is 33.7 Å². The Balaban J connectivity index is 3.16. The average Bonchev–Trinajstić information content (AvgIpc) is 2.60. The van der Waals surface area contributed by atoms with E-state index in [4.69, 9.17) is 9.84 Å². The molecule has 25 heavy (non-hydrogen) atoms. The normalized spacial score (nSPS) is 11.2. The van der Waals surface area contributed by atoms with Crippen molar-refractivity contribution in [3.8, 4) is 0 Å². The number of hydrogen-bond donors (Lipinski definition) is 2. The maximum Gasteiger partial charge on any atom is 0.339 e. The molecule has 0 atom stereocenters. The summed E-state index contributed by atoms with van der Waals surface area (Å²) >= 11 is 0. The molecule has 0 amide bonds. The quantitative estimate of drug-likeness (QED) is 0.480. The van der Waals surface area contributed by atoms with Crippen molar-refractivity contribution in [3.63, 3.8) is 0 Å². The van der Waals surface area contributed by atoms with Crippen LogP contribution in [-0.2, 0) is 4.74 Å². The summed E-state index contributed by atoms with van der Waals surface area (Å²) in [5.74, 6) is -3.32. The summed E-state index contributed by atoms with van der Waals surface area (Å²) in [5.41, 5.74) is -1.30. The standard InChI is InChI=1S/C19H26O6/c1-4-7-8-11-19(5-2,6-3)25-18(24)15-12-13(16(20)21)9-10-14(15)17(22)23/h9-10,12H,4-8,11H2,1-3H3,(H,20,21)(H,22,23). The number of rotatable bonds is 10. The van der Waals surface area contributed by atoms with E-state index in [1.807, 2.05) is 13.8 Å². The summed E-state index contributed by atoms with van der Waals surface area (Å²) in [6.07, 6.45) is 4.89. The third-order valence-electron chi connectivity index (χ3n) is 4.55. The Labute approximate surface area is 147 Å². The van der Waals surface area contributed by atoms with Crippen LogP contribution in [0.2, 0.25) is 0 Å². The summed E-state index contributed by atoms with van der Waals surface area (Å²) < 4.78 is 5.70. The highest BCUT2D eigenvalue weighted by Gasteiger charge is 2.32. The smallest absolute Gasteiger partial charge is 0.339 e. The van der Waals surface area contributed by atoms with Crippen molar-refractivity contribution in [2.24, 2.45) is 0 Å². The number of carboxylic acids is 2. The van der Waals surface area contributed by atoms with Crippen molar-refractivity contribution < 1.29 is 29.3 Å². The minimum absolute atomic E-state index is 0.151. The molecule has 0 spiro atoms. The fraction of sp³-hybridized carbons (Fsp3) is 0.526. The van der Waals surface area contributed by atoms with Gasteiger partial charge in [-0.05, 0) is 43.9 Å². The zero-order valence-corrected chi connectivity index (χ0v) is 15.0. The molecule has 0 bridgehead atoms. The van der Waals surface area contributed by atoms with Gasteiger partial charge in [-0.15, -0.1) is 0 Å². The first kappa shape index (κ1) is 20.7. The summed E-state index contributed by atoms with van der Waals surface area (Å²) in [5, 5.41) is 18.4. The van der Waals surface area contributed by atoms with Crippen LogP contribution in [0.25, 0.3) is 0 Å². The lowest BCUT2D eigenvalue weighted by Gasteiger charge is -2.32. The van der Waals surface area contributed by atoms with E-state index in [1.54, 1.807) is 0 Å². The number of carboxylic acid groups (broad SMARTS) is 2. The number of ether oxygens (including phenoxy) is 1. The Morgan fingerprint density at radius 1 is 0.960 bits per heavy atom. The average molecular weight is 350 g/mol. The van der Waals surface area contributed by atoms with Crippen LogP contribution in [0.1, 0.15) is 90.4 Å². The van der Waals surface area contributed by atoms with Crippen LogP contribution in [0.4, 0.5) is 0 Å². The first-order valence-electron chi connectivity index (χ1n) is 8.64. The third-order valence-corrected chi connectivity index (χ3v) is 4.55. The molecule has 0 saturated carbocycles. The van der Waals surface area contributed by atoms with Crippen molar-refractivity contribution in [3.05, 3.63) is 34.9 Å². The first-order chi connectivity index (χ1) is 11.8. The van der Waals surface area contributed by atoms with E-state index in [9.17, 15) is 19.5 Å². The van der Waals surface area contributed by atoms with Gasteiger partial charge in [-0.3, -0.25) is 0 Å². The summed E-state index contributed by atoms with van der Waals surface area (Å²) in [6.45, 7) is 5.94. The fourth-order valence-electron chi connectivity index (χ4n) is 2.78. The molecular weight excluding hydrogens is 324 g/mol. The Bertz CT molecular complexity index is 631. The Morgan fingerprint density at radius 2 is 1.60 bits per heavy atom. The number of esters is 1. The highest BCUT2D eigenvalue weighted by Crippen LogP contribution is 2.29. The van der Waals surface area contributed by atoms with Crippen molar-refractivity contribution in [2.75, 3.05) is 0 Å². The van der Waals surface area contributed by atoms with Crippen molar-refractivity contribution in [1.29, 1.82) is 0 Å². The van der Waals surface area contributed by atoms with Gasteiger partial charge >= 0.3 is 17.9 Å². The van der Waals surface area contributed by atoms with Crippen molar-refractivity contribution >= 4 is 17.9 Å². The van der Waals surface area contributed by atoms with Crippen molar-refractivity contribution in [1.82, 2.24) is 0 Å². The van der Waals surface area contributed by atoms with Crippen LogP contribution in [0, 0.1) is 0 Å². The summed E-state index contributed by atoms with van der Waals surface area (Å²) in [6, 6.07) is 3.35. The SMILES string of the molecule is CCCCCC(CC)(CC)OC(=O)c1cc(C(=O)O)ccc1C(=O)O. The highest BCUT2D eigenvalue weighted by atomic mass is 16.6. The van der Waals surface area contributed by atoms with Gasteiger partial charge in [-0.1, -0.05) is 33.6 Å². The van der Waals surface area contributed by atoms with E-state index in [0.717, 1.165) is 37.5 Å². The van der Waals surface area contributed by atoms with E-state index >= 15 is 0 Å². The maximum atomic E-state index is 12.6. The second-order valence-corrected chi connectivity index (χ2v) is 6.11. The zero-order valence-electron chi connectivity index (χ0n) is 15.0. The monoisotopic (exact) mass is 350 g/mol. The molecule has 6 heteroatoms. The van der Waals surface area contributed by atoms with Crippen LogP contribution in [0.15, 0.2) is 18.2 Å². The van der Waals surface area contributed by atoms with Gasteiger partial charge in [-0.25, -0.2) is 14.4 Å². The van der Waals surface area contributed by atoms with Gasteiger partial charge in [0, 0.05) is 0 Å². The second kappa shape index (κ2) is 9.20. The number of carbonyl (C=O) groups is 3. The largest absolute Gasteiger partial charge is 0.478 e. The highest BCUT2D eigenvalue weighted by molar-refractivity contribution is 6.04. The molecular formula is C19H26O6. The molecule has 0 saturated heterocycles. The molecule has 0 aliphatic carbocycles. The van der Waals surface area contributed by atoms with Gasteiger partial charge in [0.1, 0.15) is 5.60 Å². The van der Waals surface area contributed by atoms with E-state index in [2.05, 4.69) is 6.92 Å². The predicted octanol–water partition coefficient (Wildman–Crippen LogP) is 4.38. The number of hydrogen-bond acceptors (Lipinski definition) is 4. The predicted molar refractivity (Wildman–Crippen MR) is 93.2 cm³/mol. The van der Waals surface area contributed by atoms with E-state index in [1.165, 1.54) is 0 Å². The first-order valence-corrected chi connectivity index (χ1v) is 8.64. The summed E-state index contributed by atoms with van der Waals surface area (Å²) in [4.78, 5) is 35.1. The number of unbranched alkanes of at least 4 members (excludes halogenated alkanes) is 2. The minimum atomic E-state index is -1.30. The van der Waals surface area contributed by atoms with Gasteiger partial charge < -0.3 is 14.9 Å². The van der Waals surface area contributed by atoms with Crippen molar-refractivity contribution in [2.45, 2.75) is 64.9 Å². The van der Waals surface area contributed by atoms with Gasteiger partial charge in [-0.2, -0.15) is 0 Å². The molecule has 0 heterocycles. The molecule has 0 aliphatic heterocycles. The van der Waals surface area contributed by atoms with Crippen LogP contribution in [0.5, 0.6) is 0 Å². The Kier molecular flexibility index (Phi) is 7.61. The Hall–Kier alpha value is -2.37. The maximum absolute atomic E-state index is 12.6. The molecule has 0 fully saturated rings. The fourth-order valence-corrected chi connectivity index (χ4v) is 2.78.